The van der Waals surface area contributed by atoms with Gasteiger partial charge in [-0.1, -0.05) is 19.3 Å². The molecule has 0 bridgehead atoms. The van der Waals surface area contributed by atoms with E-state index in [1.807, 2.05) is 24.8 Å². The summed E-state index contributed by atoms with van der Waals surface area (Å²) < 4.78 is 0. The predicted octanol–water partition coefficient (Wildman–Crippen LogP) is 2.59. The number of carbonyl (C=O) groups excluding carboxylic acids is 1. The fraction of sp³-hybridized carbons (Fsp3) is 0.571. The molecule has 29 heavy (non-hydrogen) atoms. The zero-order valence-corrected chi connectivity index (χ0v) is 17.3. The van der Waals surface area contributed by atoms with Crippen LogP contribution in [0.5, 0.6) is 0 Å². The van der Waals surface area contributed by atoms with Crippen LogP contribution in [0.4, 0.5) is 11.8 Å². The Hall–Kier alpha value is -2.77. The van der Waals surface area contributed by atoms with Crippen LogP contribution >= 0.6 is 0 Å². The summed E-state index contributed by atoms with van der Waals surface area (Å²) in [5.41, 5.74) is 2.17. The van der Waals surface area contributed by atoms with E-state index in [1.54, 1.807) is 12.4 Å². The van der Waals surface area contributed by atoms with Crippen LogP contribution in [-0.2, 0) is 0 Å². The molecule has 1 aliphatic heterocycles. The van der Waals surface area contributed by atoms with Gasteiger partial charge >= 0.3 is 0 Å². The monoisotopic (exact) mass is 395 g/mol. The Bertz CT molecular complexity index is 841. The van der Waals surface area contributed by atoms with E-state index in [0.717, 1.165) is 36.2 Å². The van der Waals surface area contributed by atoms with Crippen LogP contribution in [0.3, 0.4) is 0 Å². The quantitative estimate of drug-likeness (QED) is 0.851. The molecule has 1 saturated carbocycles. The van der Waals surface area contributed by atoms with Crippen LogP contribution in [0.25, 0.3) is 0 Å². The SMILES string of the molecule is Cc1cnc(C(=O)N2CCN(c3cc(C)nc(NC4CCCCC4)n3)CC2)cn1. The molecule has 8 nitrogen and oxygen atoms in total. The summed E-state index contributed by atoms with van der Waals surface area (Å²) in [6.45, 7) is 6.63. The molecule has 0 spiro atoms. The maximum Gasteiger partial charge on any atom is 0.274 e. The number of aryl methyl sites for hydroxylation is 2. The summed E-state index contributed by atoms with van der Waals surface area (Å²) in [6, 6.07) is 2.50. The van der Waals surface area contributed by atoms with Gasteiger partial charge in [0.25, 0.3) is 5.91 Å². The highest BCUT2D eigenvalue weighted by Crippen LogP contribution is 2.22. The molecule has 1 N–H and O–H groups in total. The number of piperazine rings is 1. The van der Waals surface area contributed by atoms with Gasteiger partial charge in [0.05, 0.1) is 11.9 Å². The maximum absolute atomic E-state index is 12.7. The summed E-state index contributed by atoms with van der Waals surface area (Å²) >= 11 is 0. The molecule has 0 aromatic carbocycles. The molecule has 0 unspecified atom stereocenters. The van der Waals surface area contributed by atoms with Crippen molar-refractivity contribution in [1.29, 1.82) is 0 Å². The summed E-state index contributed by atoms with van der Waals surface area (Å²) in [7, 11) is 0. The number of rotatable bonds is 4. The summed E-state index contributed by atoms with van der Waals surface area (Å²) in [5.74, 6) is 1.59. The molecule has 0 atom stereocenters. The van der Waals surface area contributed by atoms with E-state index in [-0.39, 0.29) is 5.91 Å². The normalized spacial score (nSPS) is 18.0. The first-order chi connectivity index (χ1) is 14.1. The summed E-state index contributed by atoms with van der Waals surface area (Å²) in [4.78, 5) is 34.5. The zero-order valence-electron chi connectivity index (χ0n) is 17.3. The molecule has 4 rings (SSSR count). The fourth-order valence-corrected chi connectivity index (χ4v) is 4.01. The number of amides is 1. The maximum atomic E-state index is 12.7. The number of hydrogen-bond donors (Lipinski definition) is 1. The van der Waals surface area contributed by atoms with Crippen LogP contribution in [0.15, 0.2) is 18.5 Å². The molecule has 2 fully saturated rings. The molecule has 8 heteroatoms. The van der Waals surface area contributed by atoms with Gasteiger partial charge in [-0.3, -0.25) is 9.78 Å². The Kier molecular flexibility index (Phi) is 5.87. The smallest absolute Gasteiger partial charge is 0.274 e. The Balaban J connectivity index is 1.38. The molecular weight excluding hydrogens is 366 g/mol. The lowest BCUT2D eigenvalue weighted by Crippen LogP contribution is -2.49. The lowest BCUT2D eigenvalue weighted by molar-refractivity contribution is 0.0740. The highest BCUT2D eigenvalue weighted by atomic mass is 16.2. The van der Waals surface area contributed by atoms with Gasteiger partial charge in [0.1, 0.15) is 11.5 Å². The number of carbonyl (C=O) groups is 1. The first-order valence-corrected chi connectivity index (χ1v) is 10.5. The Labute approximate surface area is 171 Å². The third kappa shape index (κ3) is 4.81. The molecule has 2 aromatic rings. The van der Waals surface area contributed by atoms with Gasteiger partial charge in [-0.2, -0.15) is 4.98 Å². The predicted molar refractivity (Wildman–Crippen MR) is 112 cm³/mol. The molecule has 1 saturated heterocycles. The lowest BCUT2D eigenvalue weighted by Gasteiger charge is -2.35. The van der Waals surface area contributed by atoms with E-state index >= 15 is 0 Å². The molecule has 1 amide bonds. The standard InChI is InChI=1S/C21H29N7O/c1-15-12-19(26-21(24-15)25-17-6-4-3-5-7-17)27-8-10-28(11-9-27)20(29)18-14-22-16(2)13-23-18/h12-14,17H,3-11H2,1-2H3,(H,24,25,26). The van der Waals surface area contributed by atoms with Crippen molar-refractivity contribution in [3.63, 3.8) is 0 Å². The fourth-order valence-electron chi connectivity index (χ4n) is 4.01. The third-order valence-corrected chi connectivity index (χ3v) is 5.67. The van der Waals surface area contributed by atoms with E-state index in [4.69, 9.17) is 4.98 Å². The molecule has 154 valence electrons. The molecule has 0 radical (unpaired) electrons. The van der Waals surface area contributed by atoms with Crippen molar-refractivity contribution in [3.05, 3.63) is 35.5 Å². The minimum absolute atomic E-state index is 0.0596. The van der Waals surface area contributed by atoms with E-state index in [2.05, 4.69) is 25.2 Å². The number of aromatic nitrogens is 4. The first-order valence-electron chi connectivity index (χ1n) is 10.5. The van der Waals surface area contributed by atoms with Gasteiger partial charge in [-0.25, -0.2) is 9.97 Å². The van der Waals surface area contributed by atoms with Crippen LogP contribution in [0, 0.1) is 13.8 Å². The second-order valence-electron chi connectivity index (χ2n) is 7.99. The van der Waals surface area contributed by atoms with Gasteiger partial charge < -0.3 is 15.1 Å². The molecular formula is C21H29N7O. The minimum atomic E-state index is -0.0596. The molecule has 3 heterocycles. The van der Waals surface area contributed by atoms with Crippen molar-refractivity contribution < 1.29 is 4.79 Å². The minimum Gasteiger partial charge on any atom is -0.353 e. The number of nitrogens with one attached hydrogen (secondary N) is 1. The number of anilines is 2. The van der Waals surface area contributed by atoms with Crippen molar-refractivity contribution in [2.24, 2.45) is 0 Å². The van der Waals surface area contributed by atoms with Gasteiger partial charge in [-0.15, -0.1) is 0 Å². The average molecular weight is 396 g/mol. The topological polar surface area (TPSA) is 87.1 Å². The largest absolute Gasteiger partial charge is 0.353 e. The lowest BCUT2D eigenvalue weighted by atomic mass is 9.96. The third-order valence-electron chi connectivity index (χ3n) is 5.67. The zero-order chi connectivity index (χ0) is 20.2. The van der Waals surface area contributed by atoms with Gasteiger partial charge in [-0.05, 0) is 26.7 Å². The van der Waals surface area contributed by atoms with Crippen molar-refractivity contribution in [2.45, 2.75) is 52.0 Å². The second-order valence-corrected chi connectivity index (χ2v) is 7.99. The highest BCUT2D eigenvalue weighted by Gasteiger charge is 2.24. The van der Waals surface area contributed by atoms with E-state index in [0.29, 0.717) is 24.8 Å². The average Bonchev–Trinajstić information content (AvgIpc) is 2.74. The Morgan fingerprint density at radius 3 is 2.41 bits per heavy atom. The van der Waals surface area contributed by atoms with Crippen molar-refractivity contribution in [1.82, 2.24) is 24.8 Å². The number of nitrogens with zero attached hydrogens (tertiary/aromatic N) is 6. The van der Waals surface area contributed by atoms with Crippen LogP contribution in [0.2, 0.25) is 0 Å². The highest BCUT2D eigenvalue weighted by molar-refractivity contribution is 5.92. The van der Waals surface area contributed by atoms with Crippen LogP contribution < -0.4 is 10.2 Å². The second kappa shape index (κ2) is 8.71. The van der Waals surface area contributed by atoms with Gasteiger partial charge in [0, 0.05) is 50.2 Å². The van der Waals surface area contributed by atoms with Crippen molar-refractivity contribution >= 4 is 17.7 Å². The Morgan fingerprint density at radius 2 is 1.72 bits per heavy atom. The summed E-state index contributed by atoms with van der Waals surface area (Å²) in [5, 5.41) is 3.53. The molecule has 2 aromatic heterocycles. The van der Waals surface area contributed by atoms with E-state index in [9.17, 15) is 4.79 Å². The molecule has 1 aliphatic carbocycles. The number of hydrogen-bond acceptors (Lipinski definition) is 7. The summed E-state index contributed by atoms with van der Waals surface area (Å²) in [6.07, 6.45) is 9.45. The van der Waals surface area contributed by atoms with E-state index in [1.165, 1.54) is 32.1 Å². The van der Waals surface area contributed by atoms with Crippen LogP contribution in [-0.4, -0.2) is 63.0 Å². The van der Waals surface area contributed by atoms with Crippen molar-refractivity contribution in [3.8, 4) is 0 Å². The van der Waals surface area contributed by atoms with Gasteiger partial charge in [0.15, 0.2) is 0 Å². The van der Waals surface area contributed by atoms with Crippen molar-refractivity contribution in [2.75, 3.05) is 36.4 Å². The van der Waals surface area contributed by atoms with Crippen LogP contribution in [0.1, 0.15) is 54.0 Å². The Morgan fingerprint density at radius 1 is 0.966 bits per heavy atom. The molecule has 2 aliphatic rings. The van der Waals surface area contributed by atoms with Gasteiger partial charge in [0.2, 0.25) is 5.95 Å². The van der Waals surface area contributed by atoms with E-state index < -0.39 is 0 Å². The first kappa shape index (κ1) is 19.5.